The van der Waals surface area contributed by atoms with Gasteiger partial charge in [-0.3, -0.25) is 9.59 Å². The summed E-state index contributed by atoms with van der Waals surface area (Å²) in [7, 11) is 0. The van der Waals surface area contributed by atoms with Crippen molar-refractivity contribution in [3.8, 4) is 6.01 Å². The normalized spacial score (nSPS) is 9.65. The van der Waals surface area contributed by atoms with Crippen molar-refractivity contribution < 1.29 is 24.9 Å². The van der Waals surface area contributed by atoms with Crippen LogP contribution in [0, 0.1) is 0 Å². The van der Waals surface area contributed by atoms with Crippen LogP contribution < -0.4 is 10.6 Å². The zero-order valence-electron chi connectivity index (χ0n) is 8.41. The molecule has 0 saturated carbocycles. The number of rotatable bonds is 6. The van der Waals surface area contributed by atoms with E-state index in [2.05, 4.69) is 25.6 Å². The quantitative estimate of drug-likeness (QED) is 0.401. The number of carbonyl (C=O) groups is 2. The van der Waals surface area contributed by atoms with E-state index in [4.69, 9.17) is 15.3 Å². The Kier molecular flexibility index (Phi) is 3.97. The number of aliphatic carboxylic acids is 2. The molecule has 0 aliphatic heterocycles. The van der Waals surface area contributed by atoms with E-state index >= 15 is 0 Å². The molecule has 0 unspecified atom stereocenters. The van der Waals surface area contributed by atoms with Crippen LogP contribution >= 0.6 is 0 Å². The Bertz CT molecular complexity index is 400. The van der Waals surface area contributed by atoms with Gasteiger partial charge in [0.25, 0.3) is 0 Å². The second kappa shape index (κ2) is 5.44. The molecule has 0 aromatic carbocycles. The lowest BCUT2D eigenvalue weighted by Crippen LogP contribution is -2.17. The van der Waals surface area contributed by atoms with Crippen molar-refractivity contribution in [2.75, 3.05) is 23.7 Å². The van der Waals surface area contributed by atoms with Gasteiger partial charge in [0.1, 0.15) is 13.1 Å². The van der Waals surface area contributed by atoms with Gasteiger partial charge in [-0.1, -0.05) is 0 Å². The molecular formula is C7H9N5O5. The molecule has 1 aromatic rings. The number of anilines is 2. The molecule has 92 valence electrons. The summed E-state index contributed by atoms with van der Waals surface area (Å²) in [5.74, 6) is -2.62. The number of nitrogens with one attached hydrogen (secondary N) is 2. The second-order valence-electron chi connectivity index (χ2n) is 2.78. The van der Waals surface area contributed by atoms with E-state index in [-0.39, 0.29) is 11.9 Å². The van der Waals surface area contributed by atoms with Gasteiger partial charge in [0.15, 0.2) is 0 Å². The zero-order valence-corrected chi connectivity index (χ0v) is 8.41. The minimum absolute atomic E-state index is 0.173. The first-order valence-corrected chi connectivity index (χ1v) is 4.33. The fourth-order valence-corrected chi connectivity index (χ4v) is 0.832. The summed E-state index contributed by atoms with van der Waals surface area (Å²) in [5.41, 5.74) is 0. The van der Waals surface area contributed by atoms with Crippen molar-refractivity contribution >= 4 is 23.8 Å². The highest BCUT2D eigenvalue weighted by Crippen LogP contribution is 2.08. The SMILES string of the molecule is O=C(O)CNc1nc(O)nc(NCC(=O)O)n1. The predicted molar refractivity (Wildman–Crippen MR) is 53.7 cm³/mol. The highest BCUT2D eigenvalue weighted by atomic mass is 16.4. The lowest BCUT2D eigenvalue weighted by atomic mass is 10.6. The summed E-state index contributed by atoms with van der Waals surface area (Å²) in [6.07, 6.45) is 0. The monoisotopic (exact) mass is 243 g/mol. The summed E-state index contributed by atoms with van der Waals surface area (Å²) in [5, 5.41) is 30.5. The summed E-state index contributed by atoms with van der Waals surface area (Å²) < 4.78 is 0. The zero-order chi connectivity index (χ0) is 12.8. The standard InChI is InChI=1S/C7H9N5O5/c13-3(14)1-8-5-10-6(9-2-4(15)16)12-7(17)11-5/h1-2H2,(H,13,14)(H,15,16)(H3,8,9,10,11,12,17). The summed E-state index contributed by atoms with van der Waals surface area (Å²) >= 11 is 0. The molecule has 0 fully saturated rings. The van der Waals surface area contributed by atoms with Gasteiger partial charge in [0, 0.05) is 0 Å². The smallest absolute Gasteiger partial charge is 0.322 e. The van der Waals surface area contributed by atoms with Crippen LogP contribution in [0.3, 0.4) is 0 Å². The fraction of sp³-hybridized carbons (Fsp3) is 0.286. The number of hydrogen-bond acceptors (Lipinski definition) is 8. The topological polar surface area (TPSA) is 158 Å². The summed E-state index contributed by atoms with van der Waals surface area (Å²) in [6.45, 7) is -0.885. The van der Waals surface area contributed by atoms with Crippen LogP contribution in [-0.2, 0) is 9.59 Å². The minimum Gasteiger partial charge on any atom is -0.480 e. The molecule has 0 amide bonds. The molecule has 0 atom stereocenters. The van der Waals surface area contributed by atoms with E-state index in [9.17, 15) is 9.59 Å². The molecule has 10 nitrogen and oxygen atoms in total. The number of nitrogens with zero attached hydrogens (tertiary/aromatic N) is 3. The maximum absolute atomic E-state index is 10.3. The van der Waals surface area contributed by atoms with Crippen LogP contribution in [0.15, 0.2) is 0 Å². The van der Waals surface area contributed by atoms with Gasteiger partial charge >= 0.3 is 17.9 Å². The van der Waals surface area contributed by atoms with Crippen molar-refractivity contribution in [2.45, 2.75) is 0 Å². The maximum atomic E-state index is 10.3. The van der Waals surface area contributed by atoms with Crippen molar-refractivity contribution in [3.05, 3.63) is 0 Å². The summed E-state index contributed by atoms with van der Waals surface area (Å²) in [4.78, 5) is 31.0. The molecule has 0 saturated heterocycles. The average Bonchev–Trinajstić information content (AvgIpc) is 2.23. The largest absolute Gasteiger partial charge is 0.480 e. The molecule has 5 N–H and O–H groups in total. The molecule has 0 radical (unpaired) electrons. The highest BCUT2D eigenvalue weighted by molar-refractivity contribution is 5.72. The molecular weight excluding hydrogens is 234 g/mol. The van der Waals surface area contributed by atoms with E-state index in [0.717, 1.165) is 0 Å². The van der Waals surface area contributed by atoms with Crippen LogP contribution in [0.2, 0.25) is 0 Å². The molecule has 0 aliphatic rings. The number of hydrogen-bond donors (Lipinski definition) is 5. The first kappa shape index (κ1) is 12.4. The predicted octanol–water partition coefficient (Wildman–Crippen LogP) is -1.43. The molecule has 1 rings (SSSR count). The highest BCUT2D eigenvalue weighted by Gasteiger charge is 2.07. The molecule has 0 aliphatic carbocycles. The van der Waals surface area contributed by atoms with Gasteiger partial charge < -0.3 is 26.0 Å². The van der Waals surface area contributed by atoms with Gasteiger partial charge in [-0.2, -0.15) is 15.0 Å². The fourth-order valence-electron chi connectivity index (χ4n) is 0.832. The van der Waals surface area contributed by atoms with E-state index in [1.807, 2.05) is 0 Å². The molecule has 1 aromatic heterocycles. The lowest BCUT2D eigenvalue weighted by molar-refractivity contribution is -0.135. The van der Waals surface area contributed by atoms with Crippen LogP contribution in [0.5, 0.6) is 6.01 Å². The number of aromatic hydroxyl groups is 1. The molecule has 1 heterocycles. The number of carboxylic acids is 2. The number of aromatic nitrogens is 3. The van der Waals surface area contributed by atoms with Gasteiger partial charge in [-0.05, 0) is 0 Å². The van der Waals surface area contributed by atoms with E-state index in [1.54, 1.807) is 0 Å². The van der Waals surface area contributed by atoms with Crippen molar-refractivity contribution in [1.29, 1.82) is 0 Å². The third kappa shape index (κ3) is 4.59. The van der Waals surface area contributed by atoms with Gasteiger partial charge in [0.05, 0.1) is 0 Å². The summed E-state index contributed by atoms with van der Waals surface area (Å²) in [6, 6.07) is -0.652. The van der Waals surface area contributed by atoms with Gasteiger partial charge in [-0.15, -0.1) is 0 Å². The Hall–Kier alpha value is -2.65. The molecule has 0 spiro atoms. The van der Waals surface area contributed by atoms with Gasteiger partial charge in [0.2, 0.25) is 11.9 Å². The van der Waals surface area contributed by atoms with E-state index < -0.39 is 31.0 Å². The van der Waals surface area contributed by atoms with Crippen molar-refractivity contribution in [3.63, 3.8) is 0 Å². The Morgan fingerprint density at radius 1 is 0.941 bits per heavy atom. The minimum atomic E-state index is -1.13. The first-order valence-electron chi connectivity index (χ1n) is 4.33. The average molecular weight is 243 g/mol. The van der Waals surface area contributed by atoms with E-state index in [1.165, 1.54) is 0 Å². The molecule has 0 bridgehead atoms. The molecule has 17 heavy (non-hydrogen) atoms. The third-order valence-electron chi connectivity index (χ3n) is 1.42. The Labute approximate surface area is 94.4 Å². The Morgan fingerprint density at radius 3 is 1.71 bits per heavy atom. The van der Waals surface area contributed by atoms with Crippen LogP contribution in [0.4, 0.5) is 11.9 Å². The van der Waals surface area contributed by atoms with E-state index in [0.29, 0.717) is 0 Å². The van der Waals surface area contributed by atoms with Crippen molar-refractivity contribution in [1.82, 2.24) is 15.0 Å². The lowest BCUT2D eigenvalue weighted by Gasteiger charge is -2.05. The Morgan fingerprint density at radius 2 is 1.35 bits per heavy atom. The number of carboxylic acid groups (broad SMARTS) is 2. The first-order chi connectivity index (χ1) is 7.97. The van der Waals surface area contributed by atoms with Crippen LogP contribution in [-0.4, -0.2) is 55.3 Å². The van der Waals surface area contributed by atoms with Gasteiger partial charge in [-0.25, -0.2) is 0 Å². The second-order valence-corrected chi connectivity index (χ2v) is 2.78. The Balaban J connectivity index is 2.71. The van der Waals surface area contributed by atoms with Crippen LogP contribution in [0.1, 0.15) is 0 Å². The maximum Gasteiger partial charge on any atom is 0.322 e. The molecule has 10 heteroatoms. The third-order valence-corrected chi connectivity index (χ3v) is 1.42. The van der Waals surface area contributed by atoms with Crippen molar-refractivity contribution in [2.24, 2.45) is 0 Å². The van der Waals surface area contributed by atoms with Crippen LogP contribution in [0.25, 0.3) is 0 Å².